The van der Waals surface area contributed by atoms with Crippen LogP contribution in [0.3, 0.4) is 0 Å². The van der Waals surface area contributed by atoms with Crippen molar-refractivity contribution in [3.8, 4) is 5.75 Å². The summed E-state index contributed by atoms with van der Waals surface area (Å²) in [5, 5.41) is 6.24. The van der Waals surface area contributed by atoms with Gasteiger partial charge in [0.1, 0.15) is 5.75 Å². The Labute approximate surface area is 180 Å². The Hall–Kier alpha value is -2.77. The lowest BCUT2D eigenvalue weighted by Crippen LogP contribution is -2.46. The Balaban J connectivity index is 1.36. The number of hydrogen-bond donors (Lipinski definition) is 2. The standard InChI is InChI=1S/C22H25ClN4O3/c1-2-24-22(29)16-4-5-19(17(23)12-16)27-9-7-26(8-10-27)13-15-3-6-20-18(11-15)25-21(28)14-30-20/h3-6,11-12H,2,7-10,13-14H2,1H3,(H,24,29)(H,25,28). The third-order valence-corrected chi connectivity index (χ3v) is 5.65. The van der Waals surface area contributed by atoms with Gasteiger partial charge in [-0.05, 0) is 42.8 Å². The van der Waals surface area contributed by atoms with Gasteiger partial charge < -0.3 is 20.3 Å². The molecular weight excluding hydrogens is 404 g/mol. The first-order chi connectivity index (χ1) is 14.5. The van der Waals surface area contributed by atoms with E-state index in [1.54, 1.807) is 6.07 Å². The first-order valence-corrected chi connectivity index (χ1v) is 10.5. The number of halogens is 1. The van der Waals surface area contributed by atoms with Crippen molar-refractivity contribution in [2.45, 2.75) is 13.5 Å². The molecule has 0 spiro atoms. The highest BCUT2D eigenvalue weighted by Crippen LogP contribution is 2.30. The molecule has 2 aromatic carbocycles. The van der Waals surface area contributed by atoms with Crippen LogP contribution in [0.15, 0.2) is 36.4 Å². The van der Waals surface area contributed by atoms with E-state index < -0.39 is 0 Å². The average Bonchev–Trinajstić information content (AvgIpc) is 2.74. The molecule has 0 saturated carbocycles. The van der Waals surface area contributed by atoms with Gasteiger partial charge in [0.2, 0.25) is 0 Å². The summed E-state index contributed by atoms with van der Waals surface area (Å²) in [5.74, 6) is 0.486. The van der Waals surface area contributed by atoms with E-state index in [2.05, 4.69) is 20.4 Å². The lowest BCUT2D eigenvalue weighted by Gasteiger charge is -2.36. The molecule has 0 radical (unpaired) electrons. The van der Waals surface area contributed by atoms with E-state index in [0.717, 1.165) is 49.7 Å². The van der Waals surface area contributed by atoms with Crippen molar-refractivity contribution >= 4 is 34.8 Å². The largest absolute Gasteiger partial charge is 0.482 e. The van der Waals surface area contributed by atoms with Crippen molar-refractivity contribution in [1.82, 2.24) is 10.2 Å². The minimum Gasteiger partial charge on any atom is -0.482 e. The third kappa shape index (κ3) is 4.52. The normalized spacial score (nSPS) is 16.5. The number of ether oxygens (including phenoxy) is 1. The van der Waals surface area contributed by atoms with Gasteiger partial charge in [-0.3, -0.25) is 14.5 Å². The molecule has 2 aliphatic rings. The number of nitrogens with zero attached hydrogens (tertiary/aromatic N) is 2. The van der Waals surface area contributed by atoms with Crippen LogP contribution in [0.25, 0.3) is 0 Å². The fraction of sp³-hybridized carbons (Fsp3) is 0.364. The fourth-order valence-corrected chi connectivity index (χ4v) is 4.10. The Morgan fingerprint density at radius 2 is 1.97 bits per heavy atom. The zero-order valence-corrected chi connectivity index (χ0v) is 17.7. The van der Waals surface area contributed by atoms with Crippen LogP contribution in [0.1, 0.15) is 22.8 Å². The molecule has 2 N–H and O–H groups in total. The van der Waals surface area contributed by atoms with E-state index in [0.29, 0.717) is 22.9 Å². The Bertz CT molecular complexity index is 957. The fourth-order valence-electron chi connectivity index (χ4n) is 3.80. The molecule has 0 aromatic heterocycles. The molecule has 7 nitrogen and oxygen atoms in total. The number of benzene rings is 2. The lowest BCUT2D eigenvalue weighted by molar-refractivity contribution is -0.118. The van der Waals surface area contributed by atoms with Crippen molar-refractivity contribution in [2.75, 3.05) is 49.5 Å². The SMILES string of the molecule is CCNC(=O)c1ccc(N2CCN(Cc3ccc4c(c3)NC(=O)CO4)CC2)c(Cl)c1. The molecule has 2 heterocycles. The highest BCUT2D eigenvalue weighted by Gasteiger charge is 2.21. The Kier molecular flexibility index (Phi) is 6.11. The zero-order valence-electron chi connectivity index (χ0n) is 16.9. The first-order valence-electron chi connectivity index (χ1n) is 10.1. The van der Waals surface area contributed by atoms with Crippen LogP contribution in [0.2, 0.25) is 5.02 Å². The summed E-state index contributed by atoms with van der Waals surface area (Å²) in [4.78, 5) is 28.1. The van der Waals surface area contributed by atoms with Gasteiger partial charge in [0.05, 0.1) is 16.4 Å². The van der Waals surface area contributed by atoms with Crippen LogP contribution in [-0.4, -0.2) is 56.0 Å². The minimum atomic E-state index is -0.122. The van der Waals surface area contributed by atoms with E-state index in [1.165, 1.54) is 0 Å². The summed E-state index contributed by atoms with van der Waals surface area (Å²) in [6.07, 6.45) is 0. The summed E-state index contributed by atoms with van der Waals surface area (Å²) in [7, 11) is 0. The van der Waals surface area contributed by atoms with Crippen molar-refractivity contribution < 1.29 is 14.3 Å². The smallest absolute Gasteiger partial charge is 0.262 e. The lowest BCUT2D eigenvalue weighted by atomic mass is 10.1. The summed E-state index contributed by atoms with van der Waals surface area (Å²) >= 11 is 6.47. The van der Waals surface area contributed by atoms with E-state index in [1.807, 2.05) is 37.3 Å². The number of rotatable bonds is 5. The van der Waals surface area contributed by atoms with Crippen molar-refractivity contribution in [2.24, 2.45) is 0 Å². The monoisotopic (exact) mass is 428 g/mol. The molecule has 2 amide bonds. The van der Waals surface area contributed by atoms with E-state index >= 15 is 0 Å². The maximum Gasteiger partial charge on any atom is 0.262 e. The minimum absolute atomic E-state index is 0.0706. The number of piperazine rings is 1. The van der Waals surface area contributed by atoms with Crippen LogP contribution in [0.4, 0.5) is 11.4 Å². The molecule has 8 heteroatoms. The summed E-state index contributed by atoms with van der Waals surface area (Å²) in [6.45, 7) is 6.85. The number of hydrogen-bond acceptors (Lipinski definition) is 5. The van der Waals surface area contributed by atoms with E-state index in [-0.39, 0.29) is 18.4 Å². The molecule has 0 unspecified atom stereocenters. The van der Waals surface area contributed by atoms with Crippen molar-refractivity contribution in [1.29, 1.82) is 0 Å². The number of fused-ring (bicyclic) bond motifs is 1. The second-order valence-corrected chi connectivity index (χ2v) is 7.86. The van der Waals surface area contributed by atoms with Crippen molar-refractivity contribution in [3.05, 3.63) is 52.5 Å². The van der Waals surface area contributed by atoms with Gasteiger partial charge >= 0.3 is 0 Å². The molecule has 0 bridgehead atoms. The van der Waals surface area contributed by atoms with Gasteiger partial charge in [-0.1, -0.05) is 17.7 Å². The summed E-state index contributed by atoms with van der Waals surface area (Å²) < 4.78 is 5.42. The molecule has 0 atom stereocenters. The first kappa shape index (κ1) is 20.5. The van der Waals surface area contributed by atoms with E-state index in [4.69, 9.17) is 16.3 Å². The third-order valence-electron chi connectivity index (χ3n) is 5.34. The number of carbonyl (C=O) groups is 2. The van der Waals surface area contributed by atoms with E-state index in [9.17, 15) is 9.59 Å². The summed E-state index contributed by atoms with van der Waals surface area (Å²) in [5.41, 5.74) is 3.41. The maximum atomic E-state index is 12.0. The van der Waals surface area contributed by atoms with Crippen LogP contribution in [-0.2, 0) is 11.3 Å². The predicted molar refractivity (Wildman–Crippen MR) is 118 cm³/mol. The van der Waals surface area contributed by atoms with Gasteiger partial charge in [0.25, 0.3) is 11.8 Å². The number of carbonyl (C=O) groups excluding carboxylic acids is 2. The molecule has 0 aliphatic carbocycles. The summed E-state index contributed by atoms with van der Waals surface area (Å²) in [6, 6.07) is 11.4. The van der Waals surface area contributed by atoms with Gasteiger partial charge in [-0.25, -0.2) is 0 Å². The molecule has 158 valence electrons. The molecule has 4 rings (SSSR count). The maximum absolute atomic E-state index is 12.0. The second kappa shape index (κ2) is 8.93. The van der Waals surface area contributed by atoms with Gasteiger partial charge in [-0.2, -0.15) is 0 Å². The number of anilines is 2. The van der Waals surface area contributed by atoms with Crippen molar-refractivity contribution in [3.63, 3.8) is 0 Å². The molecule has 2 aliphatic heterocycles. The highest BCUT2D eigenvalue weighted by atomic mass is 35.5. The van der Waals surface area contributed by atoms with Gasteiger partial charge in [0.15, 0.2) is 6.61 Å². The molecule has 30 heavy (non-hydrogen) atoms. The van der Waals surface area contributed by atoms with Gasteiger partial charge in [-0.15, -0.1) is 0 Å². The average molecular weight is 429 g/mol. The van der Waals surface area contributed by atoms with Crippen LogP contribution in [0.5, 0.6) is 5.75 Å². The van der Waals surface area contributed by atoms with Crippen LogP contribution >= 0.6 is 11.6 Å². The predicted octanol–water partition coefficient (Wildman–Crippen LogP) is 2.74. The zero-order chi connectivity index (χ0) is 21.1. The number of nitrogens with one attached hydrogen (secondary N) is 2. The van der Waals surface area contributed by atoms with Gasteiger partial charge in [0, 0.05) is 44.8 Å². The molecule has 1 fully saturated rings. The van der Waals surface area contributed by atoms with Crippen LogP contribution < -0.4 is 20.3 Å². The second-order valence-electron chi connectivity index (χ2n) is 7.46. The molecular formula is C22H25ClN4O3. The quantitative estimate of drug-likeness (QED) is 0.766. The molecule has 1 saturated heterocycles. The topological polar surface area (TPSA) is 73.9 Å². The Morgan fingerprint density at radius 3 is 2.70 bits per heavy atom. The Morgan fingerprint density at radius 1 is 1.17 bits per heavy atom. The van der Waals surface area contributed by atoms with Crippen LogP contribution in [0, 0.1) is 0 Å². The molecule has 2 aromatic rings. The number of amides is 2. The highest BCUT2D eigenvalue weighted by molar-refractivity contribution is 6.33.